The molecule has 0 aliphatic carbocycles. The van der Waals surface area contributed by atoms with E-state index in [0.717, 1.165) is 22.4 Å². The van der Waals surface area contributed by atoms with E-state index in [4.69, 9.17) is 10.00 Å². The molecule has 3 aromatic carbocycles. The van der Waals surface area contributed by atoms with Crippen molar-refractivity contribution in [2.24, 2.45) is 0 Å². The predicted octanol–water partition coefficient (Wildman–Crippen LogP) is 5.14. The fourth-order valence-electron chi connectivity index (χ4n) is 2.46. The van der Waals surface area contributed by atoms with Crippen LogP contribution in [0, 0.1) is 17.1 Å². The maximum Gasteiger partial charge on any atom is 0.128 e. The molecule has 0 radical (unpaired) electrons. The lowest BCUT2D eigenvalue weighted by Crippen LogP contribution is -1.95. The van der Waals surface area contributed by atoms with Gasteiger partial charge in [0.05, 0.1) is 12.5 Å². The standard InChI is InChI=1S/C21H16FNO/c22-21-14-19(10-9-17(21)11-12-23)18-7-4-8-20(13-18)24-15-16-5-2-1-3-6-16/h1-10,13-14H,11,15H2. The van der Waals surface area contributed by atoms with E-state index in [2.05, 4.69) is 0 Å². The van der Waals surface area contributed by atoms with Crippen LogP contribution in [0.5, 0.6) is 5.75 Å². The van der Waals surface area contributed by atoms with Crippen LogP contribution < -0.4 is 4.74 Å². The first-order valence-electron chi connectivity index (χ1n) is 7.69. The van der Waals surface area contributed by atoms with E-state index in [1.54, 1.807) is 6.07 Å². The molecule has 0 aliphatic rings. The summed E-state index contributed by atoms with van der Waals surface area (Å²) in [6, 6.07) is 24.4. The minimum absolute atomic E-state index is 0.0757. The van der Waals surface area contributed by atoms with Gasteiger partial charge in [0.2, 0.25) is 0 Å². The molecule has 3 aromatic rings. The smallest absolute Gasteiger partial charge is 0.128 e. The van der Waals surface area contributed by atoms with Gasteiger partial charge in [0.15, 0.2) is 0 Å². The number of ether oxygens (including phenoxy) is 1. The largest absolute Gasteiger partial charge is 0.489 e. The minimum atomic E-state index is -0.357. The Morgan fingerprint density at radius 2 is 1.67 bits per heavy atom. The quantitative estimate of drug-likeness (QED) is 0.653. The summed E-state index contributed by atoms with van der Waals surface area (Å²) >= 11 is 0. The molecule has 0 aromatic heterocycles. The molecule has 2 nitrogen and oxygen atoms in total. The molecular formula is C21H16FNO. The van der Waals surface area contributed by atoms with E-state index in [1.807, 2.05) is 66.7 Å². The summed E-state index contributed by atoms with van der Waals surface area (Å²) in [5.41, 5.74) is 3.15. The van der Waals surface area contributed by atoms with Gasteiger partial charge >= 0.3 is 0 Å². The topological polar surface area (TPSA) is 33.0 Å². The number of nitrogens with zero attached hydrogens (tertiary/aromatic N) is 1. The molecule has 118 valence electrons. The highest BCUT2D eigenvalue weighted by Gasteiger charge is 2.06. The number of hydrogen-bond acceptors (Lipinski definition) is 2. The summed E-state index contributed by atoms with van der Waals surface area (Å²) in [6.07, 6.45) is 0.0757. The summed E-state index contributed by atoms with van der Waals surface area (Å²) in [6.45, 7) is 0.486. The second-order valence-electron chi connectivity index (χ2n) is 5.44. The van der Waals surface area contributed by atoms with Crippen molar-refractivity contribution in [2.45, 2.75) is 13.0 Å². The highest BCUT2D eigenvalue weighted by molar-refractivity contribution is 5.65. The third kappa shape index (κ3) is 3.80. The molecule has 0 spiro atoms. The molecule has 0 fully saturated rings. The Labute approximate surface area is 140 Å². The molecule has 3 rings (SSSR count). The third-order valence-electron chi connectivity index (χ3n) is 3.74. The Hall–Kier alpha value is -3.12. The van der Waals surface area contributed by atoms with Gasteiger partial charge in [-0.1, -0.05) is 54.6 Å². The number of rotatable bonds is 5. The van der Waals surface area contributed by atoms with Gasteiger partial charge in [-0.2, -0.15) is 5.26 Å². The molecule has 0 aliphatic heterocycles. The van der Waals surface area contributed by atoms with Gasteiger partial charge in [-0.3, -0.25) is 0 Å². The molecule has 0 heterocycles. The minimum Gasteiger partial charge on any atom is -0.489 e. The molecule has 0 N–H and O–H groups in total. The first kappa shape index (κ1) is 15.8. The molecule has 0 saturated heterocycles. The maximum atomic E-state index is 14.0. The van der Waals surface area contributed by atoms with Crippen LogP contribution >= 0.6 is 0 Å². The second kappa shape index (κ2) is 7.43. The van der Waals surface area contributed by atoms with Crippen molar-refractivity contribution in [3.05, 3.63) is 89.7 Å². The maximum absolute atomic E-state index is 14.0. The zero-order valence-electron chi connectivity index (χ0n) is 13.1. The van der Waals surface area contributed by atoms with Crippen LogP contribution in [-0.2, 0) is 13.0 Å². The Kier molecular flexibility index (Phi) is 4.88. The van der Waals surface area contributed by atoms with Gasteiger partial charge in [-0.25, -0.2) is 4.39 Å². The van der Waals surface area contributed by atoms with Gasteiger partial charge < -0.3 is 4.74 Å². The van der Waals surface area contributed by atoms with Crippen LogP contribution in [-0.4, -0.2) is 0 Å². The van der Waals surface area contributed by atoms with Gasteiger partial charge in [-0.05, 0) is 34.9 Å². The lowest BCUT2D eigenvalue weighted by Gasteiger charge is -2.09. The predicted molar refractivity (Wildman–Crippen MR) is 91.9 cm³/mol. The molecule has 24 heavy (non-hydrogen) atoms. The van der Waals surface area contributed by atoms with Crippen molar-refractivity contribution >= 4 is 0 Å². The molecule has 3 heteroatoms. The van der Waals surface area contributed by atoms with Crippen molar-refractivity contribution in [3.8, 4) is 22.9 Å². The monoisotopic (exact) mass is 317 g/mol. The van der Waals surface area contributed by atoms with Crippen LogP contribution in [0.3, 0.4) is 0 Å². The molecule has 0 bridgehead atoms. The Morgan fingerprint density at radius 3 is 2.42 bits per heavy atom. The van der Waals surface area contributed by atoms with E-state index < -0.39 is 0 Å². The molecule has 0 atom stereocenters. The van der Waals surface area contributed by atoms with Crippen molar-refractivity contribution in [2.75, 3.05) is 0 Å². The summed E-state index contributed by atoms with van der Waals surface area (Å²) in [7, 11) is 0. The second-order valence-corrected chi connectivity index (χ2v) is 5.44. The van der Waals surface area contributed by atoms with E-state index in [-0.39, 0.29) is 12.2 Å². The van der Waals surface area contributed by atoms with Crippen LogP contribution in [0.4, 0.5) is 4.39 Å². The van der Waals surface area contributed by atoms with Gasteiger partial charge in [0.1, 0.15) is 18.2 Å². The van der Waals surface area contributed by atoms with Crippen molar-refractivity contribution in [3.63, 3.8) is 0 Å². The highest BCUT2D eigenvalue weighted by Crippen LogP contribution is 2.26. The third-order valence-corrected chi connectivity index (χ3v) is 3.74. The summed E-state index contributed by atoms with van der Waals surface area (Å²) < 4.78 is 19.8. The zero-order chi connectivity index (χ0) is 16.8. The van der Waals surface area contributed by atoms with Crippen LogP contribution in [0.15, 0.2) is 72.8 Å². The fraction of sp³-hybridized carbons (Fsp3) is 0.0952. The van der Waals surface area contributed by atoms with Crippen molar-refractivity contribution in [1.29, 1.82) is 5.26 Å². The van der Waals surface area contributed by atoms with Crippen LogP contribution in [0.1, 0.15) is 11.1 Å². The highest BCUT2D eigenvalue weighted by atomic mass is 19.1. The number of halogens is 1. The van der Waals surface area contributed by atoms with Crippen LogP contribution in [0.25, 0.3) is 11.1 Å². The zero-order valence-corrected chi connectivity index (χ0v) is 13.1. The fourth-order valence-corrected chi connectivity index (χ4v) is 2.46. The lowest BCUT2D eigenvalue weighted by atomic mass is 10.0. The van der Waals surface area contributed by atoms with E-state index in [1.165, 1.54) is 6.07 Å². The van der Waals surface area contributed by atoms with E-state index in [9.17, 15) is 4.39 Å². The van der Waals surface area contributed by atoms with Gasteiger partial charge in [0.25, 0.3) is 0 Å². The average molecular weight is 317 g/mol. The number of hydrogen-bond donors (Lipinski definition) is 0. The first-order chi connectivity index (χ1) is 11.8. The summed E-state index contributed by atoms with van der Waals surface area (Å²) in [5.74, 6) is 0.377. The molecule has 0 saturated carbocycles. The Bertz CT molecular complexity index is 869. The molecular weight excluding hydrogens is 301 g/mol. The average Bonchev–Trinajstić information content (AvgIpc) is 2.63. The lowest BCUT2D eigenvalue weighted by molar-refractivity contribution is 0.306. The number of nitriles is 1. The molecule has 0 amide bonds. The van der Waals surface area contributed by atoms with Crippen molar-refractivity contribution < 1.29 is 9.13 Å². The van der Waals surface area contributed by atoms with E-state index >= 15 is 0 Å². The summed E-state index contributed by atoms with van der Waals surface area (Å²) in [5, 5.41) is 8.69. The normalized spacial score (nSPS) is 10.2. The van der Waals surface area contributed by atoms with Gasteiger partial charge in [-0.15, -0.1) is 0 Å². The summed E-state index contributed by atoms with van der Waals surface area (Å²) in [4.78, 5) is 0. The Morgan fingerprint density at radius 1 is 0.875 bits per heavy atom. The Balaban J connectivity index is 1.78. The number of benzene rings is 3. The van der Waals surface area contributed by atoms with Crippen molar-refractivity contribution in [1.82, 2.24) is 0 Å². The first-order valence-corrected chi connectivity index (χ1v) is 7.69. The molecule has 0 unspecified atom stereocenters. The SMILES string of the molecule is N#CCc1ccc(-c2cccc(OCc3ccccc3)c2)cc1F. The van der Waals surface area contributed by atoms with Gasteiger partial charge in [0, 0.05) is 5.56 Å². The van der Waals surface area contributed by atoms with E-state index in [0.29, 0.717) is 12.2 Å². The van der Waals surface area contributed by atoms with Crippen LogP contribution in [0.2, 0.25) is 0 Å².